The van der Waals surface area contributed by atoms with Crippen LogP contribution in [0.4, 0.5) is 17.1 Å². The molecular weight excluding hydrogens is 655 g/mol. The Morgan fingerprint density at radius 3 is 1.72 bits per heavy atom. The highest BCUT2D eigenvalue weighted by molar-refractivity contribution is 6.10. The number of hydrogen-bond acceptors (Lipinski definition) is 2. The van der Waals surface area contributed by atoms with Gasteiger partial charge in [-0.25, -0.2) is 0 Å². The smallest absolute Gasteiger partial charge is 0.159 e. The molecule has 0 N–H and O–H groups in total. The summed E-state index contributed by atoms with van der Waals surface area (Å²) in [6.45, 7) is 4.68. The highest BCUT2D eigenvalue weighted by atomic mass is 16.3. The predicted octanol–water partition coefficient (Wildman–Crippen LogP) is 13.7. The summed E-state index contributed by atoms with van der Waals surface area (Å²) in [6, 6.07) is 69.0. The molecular formula is C52H37NO. The van der Waals surface area contributed by atoms with E-state index in [9.17, 15) is 0 Å². The van der Waals surface area contributed by atoms with E-state index in [1.165, 1.54) is 55.6 Å². The zero-order valence-electron chi connectivity index (χ0n) is 30.3. The molecule has 0 saturated carbocycles. The van der Waals surface area contributed by atoms with Crippen molar-refractivity contribution in [2.45, 2.75) is 24.7 Å². The van der Waals surface area contributed by atoms with Crippen LogP contribution >= 0.6 is 0 Å². The largest absolute Gasteiger partial charge is 0.454 e. The van der Waals surface area contributed by atoms with Gasteiger partial charge in [0, 0.05) is 27.6 Å². The third-order valence-electron chi connectivity index (χ3n) is 12.1. The molecule has 0 radical (unpaired) electrons. The summed E-state index contributed by atoms with van der Waals surface area (Å²) in [5.74, 6) is 0. The summed E-state index contributed by atoms with van der Waals surface area (Å²) in [4.78, 5) is 2.42. The van der Waals surface area contributed by atoms with Crippen molar-refractivity contribution in [2.75, 3.05) is 4.90 Å². The van der Waals surface area contributed by atoms with Crippen molar-refractivity contribution < 1.29 is 4.42 Å². The van der Waals surface area contributed by atoms with Crippen LogP contribution in [0.1, 0.15) is 47.2 Å². The molecule has 1 aromatic heterocycles. The minimum absolute atomic E-state index is 0.0850. The van der Waals surface area contributed by atoms with Gasteiger partial charge in [0.05, 0.1) is 11.1 Å². The van der Waals surface area contributed by atoms with Crippen molar-refractivity contribution in [2.24, 2.45) is 0 Å². The topological polar surface area (TPSA) is 16.4 Å². The van der Waals surface area contributed by atoms with Gasteiger partial charge in [-0.1, -0.05) is 166 Å². The van der Waals surface area contributed by atoms with Crippen molar-refractivity contribution >= 4 is 39.0 Å². The summed E-state index contributed by atoms with van der Waals surface area (Å²) in [5.41, 5.74) is 17.3. The van der Waals surface area contributed by atoms with Crippen molar-refractivity contribution in [1.29, 1.82) is 0 Å². The molecule has 0 fully saturated rings. The van der Waals surface area contributed by atoms with Crippen molar-refractivity contribution in [3.63, 3.8) is 0 Å². The number of para-hydroxylation sites is 2. The van der Waals surface area contributed by atoms with Crippen LogP contribution in [0.2, 0.25) is 0 Å². The van der Waals surface area contributed by atoms with E-state index in [-0.39, 0.29) is 5.41 Å². The molecule has 0 unspecified atom stereocenters. The van der Waals surface area contributed by atoms with Crippen molar-refractivity contribution in [1.82, 2.24) is 0 Å². The van der Waals surface area contributed by atoms with E-state index in [1.54, 1.807) is 0 Å². The molecule has 2 nitrogen and oxygen atoms in total. The molecule has 0 amide bonds. The Hall–Kier alpha value is -6.64. The first-order valence-corrected chi connectivity index (χ1v) is 18.9. The lowest BCUT2D eigenvalue weighted by atomic mass is 9.67. The molecule has 8 aromatic carbocycles. The van der Waals surface area contributed by atoms with E-state index in [4.69, 9.17) is 4.42 Å². The Morgan fingerprint density at radius 1 is 0.407 bits per heavy atom. The SMILES string of the molecule is CC1(C)c2ccccc2-c2cc(N(c3ccc4c(c3)C(c3ccccc3)(c3ccccc3)c3ccccc3-4)c3cccc4c3oc3ccccc34)ccc21. The second-order valence-corrected chi connectivity index (χ2v) is 15.2. The Balaban J connectivity index is 1.22. The van der Waals surface area contributed by atoms with E-state index in [2.05, 4.69) is 201 Å². The van der Waals surface area contributed by atoms with Crippen LogP contribution in [0.15, 0.2) is 192 Å². The molecule has 54 heavy (non-hydrogen) atoms. The molecule has 0 atom stereocenters. The number of anilines is 3. The number of nitrogens with zero attached hydrogens (tertiary/aromatic N) is 1. The van der Waals surface area contributed by atoms with Gasteiger partial charge in [-0.2, -0.15) is 0 Å². The predicted molar refractivity (Wildman–Crippen MR) is 223 cm³/mol. The summed E-state index contributed by atoms with van der Waals surface area (Å²) in [6.07, 6.45) is 0. The monoisotopic (exact) mass is 691 g/mol. The molecule has 0 saturated heterocycles. The van der Waals surface area contributed by atoms with Crippen LogP contribution in [-0.4, -0.2) is 0 Å². The van der Waals surface area contributed by atoms with Crippen LogP contribution in [-0.2, 0) is 10.8 Å². The van der Waals surface area contributed by atoms with Gasteiger partial charge in [0.15, 0.2) is 5.58 Å². The summed E-state index contributed by atoms with van der Waals surface area (Å²) < 4.78 is 6.77. The first kappa shape index (κ1) is 30.9. The van der Waals surface area contributed by atoms with Gasteiger partial charge >= 0.3 is 0 Å². The standard InChI is InChI=1S/C52H37NO/c1-51(2)44-24-12-9-21-39(44)43-32-36(29-31-45(43)51)53(48-26-15-23-42-41-22-11-14-27-49(41)54-50(42)48)37-28-30-40-38-20-10-13-25-46(38)52(47(40)33-37,34-16-5-3-6-17-34)35-18-7-4-8-19-35/h3-33H,1-2H3. The van der Waals surface area contributed by atoms with Crippen molar-refractivity contribution in [3.05, 3.63) is 221 Å². The van der Waals surface area contributed by atoms with Crippen LogP contribution < -0.4 is 4.90 Å². The molecule has 0 spiro atoms. The van der Waals surface area contributed by atoms with Gasteiger partial charge in [0.25, 0.3) is 0 Å². The second kappa shape index (κ2) is 11.4. The zero-order valence-corrected chi connectivity index (χ0v) is 30.3. The second-order valence-electron chi connectivity index (χ2n) is 15.2. The number of fused-ring (bicyclic) bond motifs is 9. The molecule has 256 valence electrons. The molecule has 11 rings (SSSR count). The lowest BCUT2D eigenvalue weighted by Gasteiger charge is -2.35. The first-order chi connectivity index (χ1) is 26.5. The zero-order chi connectivity index (χ0) is 36.0. The average Bonchev–Trinajstić information content (AvgIpc) is 3.83. The van der Waals surface area contributed by atoms with E-state index >= 15 is 0 Å². The minimum Gasteiger partial charge on any atom is -0.454 e. The molecule has 0 bridgehead atoms. The van der Waals surface area contributed by atoms with Gasteiger partial charge in [0.2, 0.25) is 0 Å². The van der Waals surface area contributed by atoms with Crippen LogP contribution in [0.25, 0.3) is 44.2 Å². The van der Waals surface area contributed by atoms with Gasteiger partial charge in [-0.05, 0) is 92.0 Å². The van der Waals surface area contributed by atoms with Gasteiger partial charge < -0.3 is 9.32 Å². The molecule has 1 heterocycles. The number of furan rings is 1. The Labute approximate surface area is 315 Å². The van der Waals surface area contributed by atoms with Crippen LogP contribution in [0.3, 0.4) is 0 Å². The molecule has 2 heteroatoms. The lowest BCUT2D eigenvalue weighted by molar-refractivity contribution is 0.660. The maximum atomic E-state index is 6.77. The minimum atomic E-state index is -0.512. The average molecular weight is 692 g/mol. The maximum absolute atomic E-state index is 6.77. The fraction of sp³-hybridized carbons (Fsp3) is 0.0769. The third-order valence-corrected chi connectivity index (χ3v) is 12.1. The molecule has 2 aliphatic rings. The normalized spacial score (nSPS) is 14.4. The fourth-order valence-corrected chi connectivity index (χ4v) is 9.75. The Morgan fingerprint density at radius 2 is 0.963 bits per heavy atom. The fourth-order valence-electron chi connectivity index (χ4n) is 9.75. The lowest BCUT2D eigenvalue weighted by Crippen LogP contribution is -2.28. The summed E-state index contributed by atoms with van der Waals surface area (Å²) in [7, 11) is 0. The van der Waals surface area contributed by atoms with Crippen LogP contribution in [0, 0.1) is 0 Å². The van der Waals surface area contributed by atoms with E-state index in [0.717, 1.165) is 39.0 Å². The molecule has 2 aliphatic carbocycles. The van der Waals surface area contributed by atoms with Crippen molar-refractivity contribution in [3.8, 4) is 22.3 Å². The van der Waals surface area contributed by atoms with E-state index in [0.29, 0.717) is 0 Å². The Kier molecular flexibility index (Phi) is 6.55. The highest BCUT2D eigenvalue weighted by Gasteiger charge is 2.46. The molecule has 9 aromatic rings. The highest BCUT2D eigenvalue weighted by Crippen LogP contribution is 2.58. The van der Waals surface area contributed by atoms with Gasteiger partial charge in [-0.15, -0.1) is 0 Å². The summed E-state index contributed by atoms with van der Waals surface area (Å²) >= 11 is 0. The number of hydrogen-bond donors (Lipinski definition) is 0. The van der Waals surface area contributed by atoms with E-state index in [1.807, 2.05) is 6.07 Å². The summed E-state index contributed by atoms with van der Waals surface area (Å²) in [5, 5.41) is 2.23. The van der Waals surface area contributed by atoms with E-state index < -0.39 is 5.41 Å². The number of benzene rings is 8. The van der Waals surface area contributed by atoms with Crippen LogP contribution in [0.5, 0.6) is 0 Å². The first-order valence-electron chi connectivity index (χ1n) is 18.9. The quantitative estimate of drug-likeness (QED) is 0.179. The van der Waals surface area contributed by atoms with Gasteiger partial charge in [-0.3, -0.25) is 0 Å². The third kappa shape index (κ3) is 4.17. The maximum Gasteiger partial charge on any atom is 0.159 e. The molecule has 0 aliphatic heterocycles. The van der Waals surface area contributed by atoms with Gasteiger partial charge in [0.1, 0.15) is 5.58 Å². The number of rotatable bonds is 5. The Bertz CT molecular complexity index is 2880.